The van der Waals surface area contributed by atoms with E-state index >= 15 is 0 Å². The topological polar surface area (TPSA) is 120 Å². The van der Waals surface area contributed by atoms with E-state index in [0.29, 0.717) is 16.6 Å². The number of nitrogen functional groups attached to an aromatic ring is 1. The minimum atomic E-state index is -4.17. The summed E-state index contributed by atoms with van der Waals surface area (Å²) in [5.41, 5.74) is 7.19. The lowest BCUT2D eigenvalue weighted by molar-refractivity contribution is 0.104. The zero-order valence-electron chi connectivity index (χ0n) is 18.5. The van der Waals surface area contributed by atoms with Crippen LogP contribution in [0, 0.1) is 12.7 Å². The van der Waals surface area contributed by atoms with Crippen molar-refractivity contribution in [3.05, 3.63) is 76.5 Å². The van der Waals surface area contributed by atoms with Crippen molar-refractivity contribution in [3.8, 4) is 0 Å². The second-order valence-corrected chi connectivity index (χ2v) is 10.0. The second-order valence-electron chi connectivity index (χ2n) is 8.01. The number of nitrogens with zero attached hydrogens (tertiary/aromatic N) is 3. The quantitative estimate of drug-likeness (QED) is 0.368. The van der Waals surface area contributed by atoms with Gasteiger partial charge in [-0.2, -0.15) is 0 Å². The van der Waals surface area contributed by atoms with Crippen molar-refractivity contribution in [1.82, 2.24) is 14.5 Å². The summed E-state index contributed by atoms with van der Waals surface area (Å²) in [4.78, 5) is 21.6. The molecule has 0 fully saturated rings. The number of fused-ring (bicyclic) bond motifs is 1. The van der Waals surface area contributed by atoms with E-state index in [-0.39, 0.29) is 38.6 Å². The van der Waals surface area contributed by atoms with Crippen LogP contribution in [0.25, 0.3) is 11.0 Å². The molecule has 3 N–H and O–H groups in total. The highest BCUT2D eigenvalue weighted by Crippen LogP contribution is 2.33. The third-order valence-corrected chi connectivity index (χ3v) is 7.28. The van der Waals surface area contributed by atoms with Gasteiger partial charge in [0.15, 0.2) is 5.78 Å². The predicted molar refractivity (Wildman–Crippen MR) is 129 cm³/mol. The molecule has 0 aliphatic rings. The van der Waals surface area contributed by atoms with Crippen LogP contribution in [-0.4, -0.2) is 28.7 Å². The number of anilines is 2. The van der Waals surface area contributed by atoms with Gasteiger partial charge in [-0.3, -0.25) is 9.52 Å². The maximum absolute atomic E-state index is 13.7. The molecule has 176 valence electrons. The molecule has 2 heterocycles. The van der Waals surface area contributed by atoms with Gasteiger partial charge in [0.2, 0.25) is 0 Å². The van der Waals surface area contributed by atoms with Crippen molar-refractivity contribution in [3.63, 3.8) is 0 Å². The van der Waals surface area contributed by atoms with Gasteiger partial charge in [-0.25, -0.2) is 22.8 Å². The minimum absolute atomic E-state index is 0.0125. The molecule has 0 amide bonds. The molecule has 2 aromatic heterocycles. The Bertz CT molecular complexity index is 1550. The van der Waals surface area contributed by atoms with Crippen molar-refractivity contribution in [2.24, 2.45) is 0 Å². The van der Waals surface area contributed by atoms with E-state index < -0.39 is 21.6 Å². The summed E-state index contributed by atoms with van der Waals surface area (Å²) in [6.45, 7) is 5.41. The normalized spacial score (nSPS) is 11.8. The molecular formula is C23H21ClFN5O3S. The molecule has 11 heteroatoms. The molecule has 0 spiro atoms. The molecule has 2 aromatic carbocycles. The van der Waals surface area contributed by atoms with Gasteiger partial charge in [-0.05, 0) is 50.6 Å². The number of ketones is 1. The molecule has 0 unspecified atom stereocenters. The highest BCUT2D eigenvalue weighted by molar-refractivity contribution is 7.92. The molecule has 8 nitrogen and oxygen atoms in total. The lowest BCUT2D eigenvalue weighted by Crippen LogP contribution is -2.15. The van der Waals surface area contributed by atoms with Crippen LogP contribution in [0.2, 0.25) is 5.02 Å². The lowest BCUT2D eigenvalue weighted by Gasteiger charge is -2.13. The van der Waals surface area contributed by atoms with Crippen LogP contribution < -0.4 is 10.5 Å². The van der Waals surface area contributed by atoms with E-state index in [1.54, 1.807) is 17.7 Å². The molecular weight excluding hydrogens is 481 g/mol. The average Bonchev–Trinajstić information content (AvgIpc) is 3.17. The van der Waals surface area contributed by atoms with E-state index in [1.165, 1.54) is 36.7 Å². The van der Waals surface area contributed by atoms with Gasteiger partial charge in [0.05, 0.1) is 26.6 Å². The zero-order valence-corrected chi connectivity index (χ0v) is 20.1. The number of hydrogen-bond donors (Lipinski definition) is 2. The Hall–Kier alpha value is -3.50. The number of aryl methyl sites for hydroxylation is 1. The number of carbonyl (C=O) groups excluding carboxylic acids is 1. The average molecular weight is 502 g/mol. The number of sulfonamides is 1. The van der Waals surface area contributed by atoms with Gasteiger partial charge >= 0.3 is 0 Å². The van der Waals surface area contributed by atoms with Crippen LogP contribution in [0.15, 0.2) is 53.8 Å². The van der Waals surface area contributed by atoms with Gasteiger partial charge in [-0.15, -0.1) is 0 Å². The Morgan fingerprint density at radius 2 is 1.91 bits per heavy atom. The van der Waals surface area contributed by atoms with Crippen LogP contribution in [0.4, 0.5) is 15.9 Å². The standard InChI is InChI=1S/C23H21ClFN5O3S/c1-12(2)30-10-16(19-22(26)27-11-28-23(19)30)21(31)15-5-4-6-17(20(15)24)29-34(32,33)18-9-14(25)8-7-13(18)3/h4-12,29H,1-3H3,(H2,26,27,28). The van der Waals surface area contributed by atoms with E-state index in [0.717, 1.165) is 6.07 Å². The fourth-order valence-corrected chi connectivity index (χ4v) is 5.31. The molecule has 0 atom stereocenters. The summed E-state index contributed by atoms with van der Waals surface area (Å²) in [7, 11) is -4.17. The summed E-state index contributed by atoms with van der Waals surface area (Å²) >= 11 is 6.49. The first kappa shape index (κ1) is 23.7. The highest BCUT2D eigenvalue weighted by atomic mass is 35.5. The molecule has 4 aromatic rings. The van der Waals surface area contributed by atoms with Crippen molar-refractivity contribution >= 4 is 49.9 Å². The molecule has 4 rings (SSSR count). The van der Waals surface area contributed by atoms with Crippen LogP contribution in [0.1, 0.15) is 41.4 Å². The molecule has 0 radical (unpaired) electrons. The largest absolute Gasteiger partial charge is 0.383 e. The van der Waals surface area contributed by atoms with E-state index in [2.05, 4.69) is 14.7 Å². The first-order chi connectivity index (χ1) is 16.0. The molecule has 0 aliphatic carbocycles. The van der Waals surface area contributed by atoms with Crippen molar-refractivity contribution < 1.29 is 17.6 Å². The number of halogens is 2. The molecule has 0 bridgehead atoms. The number of nitrogens with two attached hydrogens (primary N) is 1. The third-order valence-electron chi connectivity index (χ3n) is 5.37. The fraction of sp³-hybridized carbons (Fsp3) is 0.174. The van der Waals surface area contributed by atoms with E-state index in [9.17, 15) is 17.6 Å². The SMILES string of the molecule is Cc1ccc(F)cc1S(=O)(=O)Nc1cccc(C(=O)c2cn(C(C)C)c3ncnc(N)c23)c1Cl. The maximum Gasteiger partial charge on any atom is 0.262 e. The van der Waals surface area contributed by atoms with Crippen LogP contribution in [0.3, 0.4) is 0 Å². The van der Waals surface area contributed by atoms with E-state index in [1.807, 2.05) is 13.8 Å². The van der Waals surface area contributed by atoms with E-state index in [4.69, 9.17) is 17.3 Å². The monoisotopic (exact) mass is 501 g/mol. The van der Waals surface area contributed by atoms with Crippen LogP contribution in [0.5, 0.6) is 0 Å². The Balaban J connectivity index is 1.79. The van der Waals surface area contributed by atoms with Crippen molar-refractivity contribution in [1.29, 1.82) is 0 Å². The first-order valence-electron chi connectivity index (χ1n) is 10.2. The zero-order chi connectivity index (χ0) is 24.8. The van der Waals surface area contributed by atoms with Gasteiger partial charge in [0.25, 0.3) is 10.0 Å². The highest BCUT2D eigenvalue weighted by Gasteiger charge is 2.25. The van der Waals surface area contributed by atoms with Gasteiger partial charge in [0, 0.05) is 17.8 Å². The second kappa shape index (κ2) is 8.69. The molecule has 0 aliphatic heterocycles. The third kappa shape index (κ3) is 4.10. The maximum atomic E-state index is 13.7. The molecule has 0 saturated carbocycles. The lowest BCUT2D eigenvalue weighted by atomic mass is 10.0. The Morgan fingerprint density at radius 1 is 1.18 bits per heavy atom. The smallest absolute Gasteiger partial charge is 0.262 e. The summed E-state index contributed by atoms with van der Waals surface area (Å²) in [5.74, 6) is -1.02. The Morgan fingerprint density at radius 3 is 2.62 bits per heavy atom. The predicted octanol–water partition coefficient (Wildman–Crippen LogP) is 4.73. The summed E-state index contributed by atoms with van der Waals surface area (Å²) in [6, 6.07) is 7.84. The molecule has 0 saturated heterocycles. The molecule has 34 heavy (non-hydrogen) atoms. The van der Waals surface area contributed by atoms with Crippen LogP contribution >= 0.6 is 11.6 Å². The number of carbonyl (C=O) groups is 1. The van der Waals surface area contributed by atoms with Crippen molar-refractivity contribution in [2.75, 3.05) is 10.5 Å². The fourth-order valence-electron chi connectivity index (χ4n) is 3.67. The summed E-state index contributed by atoms with van der Waals surface area (Å²) in [5, 5.41) is 0.282. The summed E-state index contributed by atoms with van der Waals surface area (Å²) in [6.07, 6.45) is 2.95. The van der Waals surface area contributed by atoms with Crippen LogP contribution in [-0.2, 0) is 10.0 Å². The number of benzene rings is 2. The van der Waals surface area contributed by atoms with Gasteiger partial charge in [-0.1, -0.05) is 23.7 Å². The number of hydrogen-bond acceptors (Lipinski definition) is 6. The van der Waals surface area contributed by atoms with Crippen molar-refractivity contribution in [2.45, 2.75) is 31.7 Å². The Kier molecular flexibility index (Phi) is 6.05. The number of rotatable bonds is 6. The number of nitrogens with one attached hydrogen (secondary N) is 1. The summed E-state index contributed by atoms with van der Waals surface area (Å²) < 4.78 is 43.7. The first-order valence-corrected chi connectivity index (χ1v) is 12.1. The number of aromatic nitrogens is 3. The van der Waals surface area contributed by atoms with Gasteiger partial charge in [0.1, 0.15) is 23.6 Å². The Labute approximate surface area is 200 Å². The van der Waals surface area contributed by atoms with Gasteiger partial charge < -0.3 is 10.3 Å². The minimum Gasteiger partial charge on any atom is -0.383 e.